The predicted molar refractivity (Wildman–Crippen MR) is 122 cm³/mol. The van der Waals surface area contributed by atoms with E-state index in [1.807, 2.05) is 49.4 Å². The molecule has 4 rings (SSSR count). The van der Waals surface area contributed by atoms with E-state index >= 15 is 0 Å². The van der Waals surface area contributed by atoms with E-state index in [1.165, 1.54) is 10.2 Å². The van der Waals surface area contributed by atoms with Crippen molar-refractivity contribution in [3.63, 3.8) is 0 Å². The molecule has 0 saturated heterocycles. The summed E-state index contributed by atoms with van der Waals surface area (Å²) in [5.41, 5.74) is 2.94. The number of rotatable bonds is 7. The second-order valence-corrected chi connectivity index (χ2v) is 7.46. The molecule has 158 valence electrons. The number of benzene rings is 2. The molecule has 0 aliphatic carbocycles. The maximum Gasteiger partial charge on any atom is 0.274 e. The zero-order chi connectivity index (χ0) is 21.8. The van der Waals surface area contributed by atoms with Crippen molar-refractivity contribution in [3.05, 3.63) is 87.7 Å². The Hall–Kier alpha value is -3.74. The van der Waals surface area contributed by atoms with Gasteiger partial charge < -0.3 is 10.1 Å². The van der Waals surface area contributed by atoms with Crippen LogP contribution in [0, 0.1) is 20.8 Å². The minimum absolute atomic E-state index is 0.134. The van der Waals surface area contributed by atoms with E-state index in [1.54, 1.807) is 6.20 Å². The van der Waals surface area contributed by atoms with Crippen molar-refractivity contribution in [1.82, 2.24) is 19.7 Å². The molecule has 0 amide bonds. The van der Waals surface area contributed by atoms with Crippen LogP contribution < -0.4 is 15.6 Å². The Bertz CT molecular complexity index is 1280. The van der Waals surface area contributed by atoms with E-state index in [0.717, 1.165) is 22.4 Å². The molecular weight excluding hydrogens is 390 g/mol. The second-order valence-electron chi connectivity index (χ2n) is 7.46. The predicted octanol–water partition coefficient (Wildman–Crippen LogP) is 3.65. The molecule has 31 heavy (non-hydrogen) atoms. The fourth-order valence-electron chi connectivity index (χ4n) is 3.42. The summed E-state index contributed by atoms with van der Waals surface area (Å²) in [5.74, 6) is 2.22. The average molecular weight is 415 g/mol. The van der Waals surface area contributed by atoms with Gasteiger partial charge in [0.15, 0.2) is 0 Å². The summed E-state index contributed by atoms with van der Waals surface area (Å²) in [6.45, 7) is 7.34. The van der Waals surface area contributed by atoms with Gasteiger partial charge in [0, 0.05) is 11.5 Å². The standard InChI is InChI=1S/C24H25N5O2/c1-16-7-6-10-22(17(16)2)31-12-11-25-23-13-20(27-18(3)28-23)15-29-24(30)21-9-5-4-8-19(21)14-26-29/h4-10,13-14H,11-12,15H2,1-3H3,(H,25,27,28). The molecule has 0 aliphatic rings. The number of hydrogen-bond acceptors (Lipinski definition) is 6. The molecular formula is C24H25N5O2. The third-order valence-corrected chi connectivity index (χ3v) is 5.19. The van der Waals surface area contributed by atoms with E-state index in [9.17, 15) is 4.79 Å². The molecule has 0 spiro atoms. The fourth-order valence-corrected chi connectivity index (χ4v) is 3.42. The Balaban J connectivity index is 1.43. The maximum atomic E-state index is 12.7. The molecule has 0 aliphatic heterocycles. The quantitative estimate of drug-likeness (QED) is 0.464. The zero-order valence-electron chi connectivity index (χ0n) is 17.9. The SMILES string of the molecule is Cc1nc(Cn2ncc3ccccc3c2=O)cc(NCCOc2cccc(C)c2C)n1. The molecule has 2 heterocycles. The van der Waals surface area contributed by atoms with Gasteiger partial charge in [-0.3, -0.25) is 4.79 Å². The number of aryl methyl sites for hydroxylation is 2. The van der Waals surface area contributed by atoms with Crippen molar-refractivity contribution in [2.45, 2.75) is 27.3 Å². The minimum atomic E-state index is -0.134. The Morgan fingerprint density at radius 1 is 1.03 bits per heavy atom. The molecule has 2 aromatic heterocycles. The van der Waals surface area contributed by atoms with Crippen LogP contribution in [0.25, 0.3) is 10.8 Å². The third-order valence-electron chi connectivity index (χ3n) is 5.19. The van der Waals surface area contributed by atoms with Crippen molar-refractivity contribution in [2.24, 2.45) is 0 Å². The monoisotopic (exact) mass is 415 g/mol. The first-order chi connectivity index (χ1) is 15.0. The van der Waals surface area contributed by atoms with Crippen LogP contribution in [0.3, 0.4) is 0 Å². The van der Waals surface area contributed by atoms with E-state index in [-0.39, 0.29) is 12.1 Å². The smallest absolute Gasteiger partial charge is 0.274 e. The lowest BCUT2D eigenvalue weighted by Gasteiger charge is -2.12. The Labute approximate surface area is 180 Å². The van der Waals surface area contributed by atoms with Gasteiger partial charge in [-0.25, -0.2) is 14.6 Å². The highest BCUT2D eigenvalue weighted by atomic mass is 16.5. The summed E-state index contributed by atoms with van der Waals surface area (Å²) in [6, 6.07) is 15.3. The number of ether oxygens (including phenoxy) is 1. The highest BCUT2D eigenvalue weighted by Crippen LogP contribution is 2.20. The average Bonchev–Trinajstić information content (AvgIpc) is 2.76. The molecule has 0 fully saturated rings. The fraction of sp³-hybridized carbons (Fsp3) is 0.250. The zero-order valence-corrected chi connectivity index (χ0v) is 17.9. The van der Waals surface area contributed by atoms with Crippen LogP contribution >= 0.6 is 0 Å². The summed E-state index contributed by atoms with van der Waals surface area (Å²) >= 11 is 0. The van der Waals surface area contributed by atoms with Crippen LogP contribution in [0.4, 0.5) is 5.82 Å². The maximum absolute atomic E-state index is 12.7. The Kier molecular flexibility index (Phi) is 5.93. The van der Waals surface area contributed by atoms with Gasteiger partial charge in [-0.15, -0.1) is 0 Å². The first-order valence-corrected chi connectivity index (χ1v) is 10.2. The molecule has 0 radical (unpaired) electrons. The van der Waals surface area contributed by atoms with Crippen molar-refractivity contribution in [1.29, 1.82) is 0 Å². The lowest BCUT2D eigenvalue weighted by atomic mass is 10.1. The summed E-state index contributed by atoms with van der Waals surface area (Å²) < 4.78 is 7.32. The number of hydrogen-bond donors (Lipinski definition) is 1. The Morgan fingerprint density at radius 3 is 2.74 bits per heavy atom. The highest BCUT2D eigenvalue weighted by molar-refractivity contribution is 5.80. The van der Waals surface area contributed by atoms with E-state index < -0.39 is 0 Å². The summed E-state index contributed by atoms with van der Waals surface area (Å²) in [5, 5.41) is 9.04. The van der Waals surface area contributed by atoms with Gasteiger partial charge in [0.05, 0.1) is 30.4 Å². The summed E-state index contributed by atoms with van der Waals surface area (Å²) in [4.78, 5) is 21.6. The molecule has 0 saturated carbocycles. The lowest BCUT2D eigenvalue weighted by Crippen LogP contribution is -2.24. The van der Waals surface area contributed by atoms with Gasteiger partial charge in [0.2, 0.25) is 0 Å². The molecule has 7 heteroatoms. The molecule has 2 aromatic carbocycles. The van der Waals surface area contributed by atoms with Gasteiger partial charge in [0.1, 0.15) is 24.0 Å². The molecule has 0 bridgehead atoms. The van der Waals surface area contributed by atoms with Crippen LogP contribution in [-0.2, 0) is 6.54 Å². The van der Waals surface area contributed by atoms with Gasteiger partial charge >= 0.3 is 0 Å². The highest BCUT2D eigenvalue weighted by Gasteiger charge is 2.08. The number of fused-ring (bicyclic) bond motifs is 1. The second kappa shape index (κ2) is 8.95. The number of nitrogens with one attached hydrogen (secondary N) is 1. The number of anilines is 1. The van der Waals surface area contributed by atoms with Crippen LogP contribution in [0.2, 0.25) is 0 Å². The van der Waals surface area contributed by atoms with Gasteiger partial charge in [0.25, 0.3) is 5.56 Å². The summed E-state index contributed by atoms with van der Waals surface area (Å²) in [7, 11) is 0. The molecule has 7 nitrogen and oxygen atoms in total. The summed E-state index contributed by atoms with van der Waals surface area (Å²) in [6.07, 6.45) is 1.70. The lowest BCUT2D eigenvalue weighted by molar-refractivity contribution is 0.330. The number of nitrogens with zero attached hydrogens (tertiary/aromatic N) is 4. The first kappa shape index (κ1) is 20.5. The Morgan fingerprint density at radius 2 is 1.87 bits per heavy atom. The molecule has 4 aromatic rings. The molecule has 1 N–H and O–H groups in total. The van der Waals surface area contributed by atoms with Crippen LogP contribution in [-0.4, -0.2) is 32.9 Å². The van der Waals surface area contributed by atoms with E-state index in [4.69, 9.17) is 4.74 Å². The van der Waals surface area contributed by atoms with Crippen molar-refractivity contribution >= 4 is 16.6 Å². The van der Waals surface area contributed by atoms with Crippen LogP contribution in [0.1, 0.15) is 22.6 Å². The van der Waals surface area contributed by atoms with Crippen molar-refractivity contribution in [3.8, 4) is 5.75 Å². The van der Waals surface area contributed by atoms with Crippen LogP contribution in [0.15, 0.2) is 59.5 Å². The van der Waals surface area contributed by atoms with E-state index in [0.29, 0.717) is 30.2 Å². The number of aromatic nitrogens is 4. The van der Waals surface area contributed by atoms with Gasteiger partial charge in [-0.1, -0.05) is 30.3 Å². The topological polar surface area (TPSA) is 81.9 Å². The molecule has 0 atom stereocenters. The van der Waals surface area contributed by atoms with Crippen molar-refractivity contribution in [2.75, 3.05) is 18.5 Å². The van der Waals surface area contributed by atoms with Crippen molar-refractivity contribution < 1.29 is 4.74 Å². The first-order valence-electron chi connectivity index (χ1n) is 10.2. The minimum Gasteiger partial charge on any atom is -0.491 e. The van der Waals surface area contributed by atoms with E-state index in [2.05, 4.69) is 40.3 Å². The molecule has 0 unspecified atom stereocenters. The normalized spacial score (nSPS) is 10.9. The van der Waals surface area contributed by atoms with Crippen LogP contribution in [0.5, 0.6) is 5.75 Å². The van der Waals surface area contributed by atoms with Gasteiger partial charge in [-0.05, 0) is 44.0 Å². The van der Waals surface area contributed by atoms with Gasteiger partial charge in [-0.2, -0.15) is 5.10 Å². The largest absolute Gasteiger partial charge is 0.491 e. The third kappa shape index (κ3) is 4.71.